The largest absolute Gasteiger partial charge is 0.314 e. The quantitative estimate of drug-likeness (QED) is 0.916. The lowest BCUT2D eigenvalue weighted by atomic mass is 9.76. The Morgan fingerprint density at radius 1 is 1.15 bits per heavy atom. The second-order valence-corrected chi connectivity index (χ2v) is 5.84. The summed E-state index contributed by atoms with van der Waals surface area (Å²) in [6, 6.07) is 9.82. The normalized spacial score (nSPS) is 21.2. The molecule has 0 radical (unpaired) electrons. The highest BCUT2D eigenvalue weighted by molar-refractivity contribution is 5.85. The van der Waals surface area contributed by atoms with Crippen molar-refractivity contribution < 1.29 is 0 Å². The number of rotatable bonds is 3. The monoisotopic (exact) mass is 316 g/mol. The smallest absolute Gasteiger partial charge is 0.0377 e. The molecule has 1 N–H and O–H groups in total. The number of nitrogens with zero attached hydrogens (tertiary/aromatic N) is 1. The first-order valence-corrected chi connectivity index (χ1v) is 7.36. The third kappa shape index (κ3) is 3.88. The number of nitrogens with one attached hydrogen (secondary N) is 1. The van der Waals surface area contributed by atoms with Crippen molar-refractivity contribution in [1.82, 2.24) is 10.2 Å². The number of benzene rings is 1. The molecule has 0 unspecified atom stereocenters. The van der Waals surface area contributed by atoms with Crippen LogP contribution in [0.15, 0.2) is 24.3 Å². The summed E-state index contributed by atoms with van der Waals surface area (Å²) >= 11 is 0. The lowest BCUT2D eigenvalue weighted by Crippen LogP contribution is -2.47. The fourth-order valence-electron chi connectivity index (χ4n) is 3.35. The van der Waals surface area contributed by atoms with Crippen molar-refractivity contribution in [1.29, 1.82) is 0 Å². The molecule has 1 heterocycles. The fraction of sp³-hybridized carbons (Fsp3) is 0.625. The maximum Gasteiger partial charge on any atom is 0.0377 e. The van der Waals surface area contributed by atoms with Crippen LogP contribution in [0.4, 0.5) is 0 Å². The molecule has 1 saturated carbocycles. The van der Waals surface area contributed by atoms with Gasteiger partial charge in [-0.2, -0.15) is 0 Å². The Bertz CT molecular complexity index is 401. The van der Waals surface area contributed by atoms with E-state index >= 15 is 0 Å². The maximum absolute atomic E-state index is 3.47. The van der Waals surface area contributed by atoms with Gasteiger partial charge >= 0.3 is 0 Å². The van der Waals surface area contributed by atoms with Gasteiger partial charge in [0.2, 0.25) is 0 Å². The SMILES string of the molecule is Cc1cccc([C@H](C2CCC2)N2CCNCC2)c1.Cl.Cl. The van der Waals surface area contributed by atoms with Crippen LogP contribution in [0.5, 0.6) is 0 Å². The van der Waals surface area contributed by atoms with Crippen LogP contribution in [0.2, 0.25) is 0 Å². The fourth-order valence-corrected chi connectivity index (χ4v) is 3.35. The van der Waals surface area contributed by atoms with Crippen LogP contribution in [0, 0.1) is 12.8 Å². The lowest BCUT2D eigenvalue weighted by Gasteiger charge is -2.43. The van der Waals surface area contributed by atoms with Gasteiger partial charge in [-0.15, -0.1) is 24.8 Å². The van der Waals surface area contributed by atoms with E-state index in [0.717, 1.165) is 19.0 Å². The molecule has 1 aromatic rings. The molecular formula is C16H26Cl2N2. The average Bonchev–Trinajstić information content (AvgIpc) is 2.34. The van der Waals surface area contributed by atoms with Gasteiger partial charge in [0.05, 0.1) is 0 Å². The zero-order valence-electron chi connectivity index (χ0n) is 12.2. The highest BCUT2D eigenvalue weighted by atomic mass is 35.5. The predicted octanol–water partition coefficient (Wildman–Crippen LogP) is 3.59. The van der Waals surface area contributed by atoms with Crippen LogP contribution in [0.1, 0.15) is 36.4 Å². The standard InChI is InChI=1S/C16H24N2.2ClH/c1-13-4-2-7-15(12-13)16(14-5-3-6-14)18-10-8-17-9-11-18;;/h2,4,7,12,14,16-17H,3,5-6,8-11H2,1H3;2*1H/t16-;;/m0../s1. The van der Waals surface area contributed by atoms with Gasteiger partial charge in [0, 0.05) is 32.2 Å². The van der Waals surface area contributed by atoms with E-state index in [1.165, 1.54) is 37.9 Å². The Hall–Kier alpha value is -0.280. The van der Waals surface area contributed by atoms with Crippen molar-refractivity contribution >= 4 is 24.8 Å². The summed E-state index contributed by atoms with van der Waals surface area (Å²) in [4.78, 5) is 2.70. The van der Waals surface area contributed by atoms with E-state index < -0.39 is 0 Å². The highest BCUT2D eigenvalue weighted by Crippen LogP contribution is 2.41. The molecule has 0 bridgehead atoms. The van der Waals surface area contributed by atoms with Crippen LogP contribution in [0.25, 0.3) is 0 Å². The molecule has 0 amide bonds. The van der Waals surface area contributed by atoms with Crippen molar-refractivity contribution in [2.45, 2.75) is 32.2 Å². The second kappa shape index (κ2) is 8.23. The predicted molar refractivity (Wildman–Crippen MR) is 90.2 cm³/mol. The van der Waals surface area contributed by atoms with Crippen LogP contribution in [0.3, 0.4) is 0 Å². The molecule has 0 spiro atoms. The zero-order valence-corrected chi connectivity index (χ0v) is 13.8. The Morgan fingerprint density at radius 2 is 1.85 bits per heavy atom. The topological polar surface area (TPSA) is 15.3 Å². The van der Waals surface area contributed by atoms with Crippen molar-refractivity contribution in [3.63, 3.8) is 0 Å². The number of halogens is 2. The molecule has 2 aliphatic rings. The van der Waals surface area contributed by atoms with Gasteiger partial charge in [-0.1, -0.05) is 36.2 Å². The van der Waals surface area contributed by atoms with E-state index in [1.807, 2.05) is 0 Å². The molecule has 4 heteroatoms. The number of hydrogen-bond acceptors (Lipinski definition) is 2. The molecule has 2 nitrogen and oxygen atoms in total. The van der Waals surface area contributed by atoms with E-state index in [4.69, 9.17) is 0 Å². The summed E-state index contributed by atoms with van der Waals surface area (Å²) in [5, 5.41) is 3.47. The summed E-state index contributed by atoms with van der Waals surface area (Å²) in [7, 11) is 0. The third-order valence-corrected chi connectivity index (χ3v) is 4.52. The van der Waals surface area contributed by atoms with Crippen molar-refractivity contribution in [2.24, 2.45) is 5.92 Å². The molecule has 0 aromatic heterocycles. The van der Waals surface area contributed by atoms with Crippen molar-refractivity contribution in [3.05, 3.63) is 35.4 Å². The van der Waals surface area contributed by atoms with Crippen molar-refractivity contribution in [2.75, 3.05) is 26.2 Å². The minimum absolute atomic E-state index is 0. The number of piperazine rings is 1. The summed E-state index contributed by atoms with van der Waals surface area (Å²) < 4.78 is 0. The van der Waals surface area contributed by atoms with Crippen LogP contribution >= 0.6 is 24.8 Å². The van der Waals surface area contributed by atoms with Crippen LogP contribution in [-0.2, 0) is 0 Å². The van der Waals surface area contributed by atoms with Gasteiger partial charge in [-0.3, -0.25) is 4.90 Å². The lowest BCUT2D eigenvalue weighted by molar-refractivity contribution is 0.0837. The molecular weight excluding hydrogens is 291 g/mol. The Labute approximate surface area is 135 Å². The first kappa shape index (κ1) is 17.8. The second-order valence-electron chi connectivity index (χ2n) is 5.84. The number of hydrogen-bond donors (Lipinski definition) is 1. The third-order valence-electron chi connectivity index (χ3n) is 4.52. The van der Waals surface area contributed by atoms with E-state index in [1.54, 1.807) is 5.56 Å². The molecule has 1 aromatic carbocycles. The van der Waals surface area contributed by atoms with Crippen molar-refractivity contribution in [3.8, 4) is 0 Å². The molecule has 1 saturated heterocycles. The Morgan fingerprint density at radius 3 is 2.40 bits per heavy atom. The van der Waals surface area contributed by atoms with Gasteiger partial charge in [0.25, 0.3) is 0 Å². The minimum Gasteiger partial charge on any atom is -0.314 e. The molecule has 114 valence electrons. The van der Waals surface area contributed by atoms with Gasteiger partial charge in [0.1, 0.15) is 0 Å². The Kier molecular flexibility index (Phi) is 7.32. The van der Waals surface area contributed by atoms with Gasteiger partial charge in [0.15, 0.2) is 0 Å². The van der Waals surface area contributed by atoms with Crippen LogP contribution < -0.4 is 5.32 Å². The Balaban J connectivity index is 0.000001000. The molecule has 1 atom stereocenters. The van der Waals surface area contributed by atoms with E-state index in [0.29, 0.717) is 6.04 Å². The maximum atomic E-state index is 3.47. The highest BCUT2D eigenvalue weighted by Gasteiger charge is 2.33. The summed E-state index contributed by atoms with van der Waals surface area (Å²) in [5.41, 5.74) is 2.94. The number of aryl methyl sites for hydroxylation is 1. The molecule has 20 heavy (non-hydrogen) atoms. The summed E-state index contributed by atoms with van der Waals surface area (Å²) in [5.74, 6) is 0.893. The van der Waals surface area contributed by atoms with Crippen LogP contribution in [-0.4, -0.2) is 31.1 Å². The minimum atomic E-state index is 0. The van der Waals surface area contributed by atoms with E-state index in [-0.39, 0.29) is 24.8 Å². The average molecular weight is 317 g/mol. The molecule has 3 rings (SSSR count). The molecule has 1 aliphatic carbocycles. The van der Waals surface area contributed by atoms with Gasteiger partial charge in [-0.05, 0) is 31.2 Å². The molecule has 1 aliphatic heterocycles. The molecule has 2 fully saturated rings. The van der Waals surface area contributed by atoms with Gasteiger partial charge < -0.3 is 5.32 Å². The zero-order chi connectivity index (χ0) is 12.4. The summed E-state index contributed by atoms with van der Waals surface area (Å²) in [6.07, 6.45) is 4.27. The van der Waals surface area contributed by atoms with Gasteiger partial charge in [-0.25, -0.2) is 0 Å². The summed E-state index contributed by atoms with van der Waals surface area (Å²) in [6.45, 7) is 6.91. The first-order valence-electron chi connectivity index (χ1n) is 7.36. The first-order chi connectivity index (χ1) is 8.84. The van der Waals surface area contributed by atoms with E-state index in [2.05, 4.69) is 41.4 Å². The van der Waals surface area contributed by atoms with E-state index in [9.17, 15) is 0 Å².